The lowest BCUT2D eigenvalue weighted by Gasteiger charge is -2.13. The van der Waals surface area contributed by atoms with Gasteiger partial charge in [-0.15, -0.1) is 0 Å². The Labute approximate surface area is 152 Å². The Hall–Kier alpha value is -2.86. The van der Waals surface area contributed by atoms with Gasteiger partial charge >= 0.3 is 5.97 Å². The summed E-state index contributed by atoms with van der Waals surface area (Å²) < 4.78 is 33.4. The van der Waals surface area contributed by atoms with Crippen molar-refractivity contribution in [2.75, 3.05) is 4.72 Å². The lowest BCUT2D eigenvalue weighted by atomic mass is 10.1. The largest absolute Gasteiger partial charge is 0.426 e. The summed E-state index contributed by atoms with van der Waals surface area (Å²) in [5, 5.41) is 1.35. The van der Waals surface area contributed by atoms with E-state index in [4.69, 9.17) is 4.74 Å². The molecule has 0 radical (unpaired) electrons. The topological polar surface area (TPSA) is 72.5 Å². The Kier molecular flexibility index (Phi) is 4.95. The fourth-order valence-corrected chi connectivity index (χ4v) is 3.91. The molecule has 0 saturated heterocycles. The Morgan fingerprint density at radius 3 is 2.54 bits per heavy atom. The zero-order valence-electron chi connectivity index (χ0n) is 14.5. The van der Waals surface area contributed by atoms with Crippen molar-refractivity contribution in [3.8, 4) is 5.75 Å². The van der Waals surface area contributed by atoms with Gasteiger partial charge in [-0.3, -0.25) is 9.52 Å². The fourth-order valence-electron chi connectivity index (χ4n) is 2.77. The first-order valence-electron chi connectivity index (χ1n) is 8.22. The number of anilines is 1. The van der Waals surface area contributed by atoms with Gasteiger partial charge in [-0.2, -0.15) is 0 Å². The van der Waals surface area contributed by atoms with Crippen LogP contribution in [-0.4, -0.2) is 14.4 Å². The van der Waals surface area contributed by atoms with Crippen molar-refractivity contribution in [3.63, 3.8) is 0 Å². The molecule has 3 aromatic rings. The summed E-state index contributed by atoms with van der Waals surface area (Å²) in [6.45, 7) is 3.30. The highest BCUT2D eigenvalue weighted by Gasteiger charge is 2.17. The number of ether oxygens (including phenoxy) is 1. The third-order valence-corrected chi connectivity index (χ3v) is 5.38. The van der Waals surface area contributed by atoms with Crippen LogP contribution in [0.15, 0.2) is 65.6 Å². The second-order valence-electron chi connectivity index (χ2n) is 5.85. The molecule has 3 rings (SSSR count). The number of hydrogen-bond donors (Lipinski definition) is 1. The number of esters is 1. The normalized spacial score (nSPS) is 11.3. The minimum atomic E-state index is -3.73. The molecular formula is C20H19NO4S. The van der Waals surface area contributed by atoms with Gasteiger partial charge < -0.3 is 4.74 Å². The molecule has 0 saturated carbocycles. The van der Waals surface area contributed by atoms with Gasteiger partial charge in [-0.05, 0) is 47.7 Å². The van der Waals surface area contributed by atoms with Crippen molar-refractivity contribution in [2.45, 2.75) is 25.2 Å². The minimum absolute atomic E-state index is 0.149. The van der Waals surface area contributed by atoms with E-state index < -0.39 is 16.0 Å². The van der Waals surface area contributed by atoms with E-state index in [0.717, 1.165) is 12.0 Å². The maximum absolute atomic E-state index is 12.8. The van der Waals surface area contributed by atoms with Crippen LogP contribution in [0, 0.1) is 0 Å². The van der Waals surface area contributed by atoms with Crippen LogP contribution >= 0.6 is 0 Å². The second-order valence-corrected chi connectivity index (χ2v) is 7.53. The van der Waals surface area contributed by atoms with Gasteiger partial charge in [0.2, 0.25) is 0 Å². The van der Waals surface area contributed by atoms with Crippen LogP contribution in [0.3, 0.4) is 0 Å². The number of para-hydroxylation sites is 1. The van der Waals surface area contributed by atoms with Crippen molar-refractivity contribution in [2.24, 2.45) is 0 Å². The Morgan fingerprint density at radius 1 is 1.04 bits per heavy atom. The molecule has 0 spiro atoms. The van der Waals surface area contributed by atoms with Gasteiger partial charge in [-0.1, -0.05) is 37.3 Å². The van der Waals surface area contributed by atoms with Gasteiger partial charge in [0, 0.05) is 12.3 Å². The zero-order valence-corrected chi connectivity index (χ0v) is 15.3. The molecule has 6 heteroatoms. The maximum atomic E-state index is 12.8. The molecule has 0 aliphatic rings. The highest BCUT2D eigenvalue weighted by molar-refractivity contribution is 7.92. The van der Waals surface area contributed by atoms with E-state index in [1.165, 1.54) is 13.0 Å². The first kappa shape index (κ1) is 17.9. The molecule has 0 heterocycles. The lowest BCUT2D eigenvalue weighted by molar-refractivity contribution is -0.131. The number of carbonyl (C=O) groups is 1. The van der Waals surface area contributed by atoms with Crippen LogP contribution < -0.4 is 9.46 Å². The first-order chi connectivity index (χ1) is 12.4. The molecule has 134 valence electrons. The molecule has 0 aliphatic carbocycles. The number of rotatable bonds is 5. The number of fused-ring (bicyclic) bond motifs is 1. The summed E-state index contributed by atoms with van der Waals surface area (Å²) in [7, 11) is -3.73. The Bertz CT molecular complexity index is 1070. The monoisotopic (exact) mass is 369 g/mol. The summed E-state index contributed by atoms with van der Waals surface area (Å²) in [5.74, 6) is -0.0183. The van der Waals surface area contributed by atoms with E-state index in [1.807, 2.05) is 19.1 Å². The number of carbonyl (C=O) groups excluding carboxylic acids is 1. The Balaban J connectivity index is 2.00. The number of benzene rings is 3. The minimum Gasteiger partial charge on any atom is -0.426 e. The molecule has 5 nitrogen and oxygen atoms in total. The first-order valence-corrected chi connectivity index (χ1v) is 9.71. The van der Waals surface area contributed by atoms with Crippen molar-refractivity contribution in [3.05, 3.63) is 66.2 Å². The third kappa shape index (κ3) is 3.70. The van der Waals surface area contributed by atoms with Gasteiger partial charge in [0.1, 0.15) is 5.75 Å². The SMILES string of the molecule is CCc1ccccc1NS(=O)(=O)c1ccc2c(OC(C)=O)cccc2c1. The van der Waals surface area contributed by atoms with E-state index in [2.05, 4.69) is 4.72 Å². The molecule has 0 atom stereocenters. The lowest BCUT2D eigenvalue weighted by Crippen LogP contribution is -2.14. The van der Waals surface area contributed by atoms with Crippen LogP contribution in [0.5, 0.6) is 5.75 Å². The van der Waals surface area contributed by atoms with E-state index in [-0.39, 0.29) is 4.90 Å². The quantitative estimate of drug-likeness (QED) is 0.542. The molecule has 0 unspecified atom stereocenters. The number of sulfonamides is 1. The summed E-state index contributed by atoms with van der Waals surface area (Å²) in [5.41, 5.74) is 1.50. The van der Waals surface area contributed by atoms with Crippen molar-refractivity contribution < 1.29 is 17.9 Å². The fraction of sp³-hybridized carbons (Fsp3) is 0.150. The molecular weight excluding hydrogens is 350 g/mol. The van der Waals surface area contributed by atoms with Crippen LogP contribution in [0.1, 0.15) is 19.4 Å². The standard InChI is InChI=1S/C20H19NO4S/c1-3-15-7-4-5-9-19(15)21-26(23,24)17-11-12-18-16(13-17)8-6-10-20(18)25-14(2)22/h4-13,21H,3H2,1-2H3. The molecule has 0 aliphatic heterocycles. The summed E-state index contributed by atoms with van der Waals surface area (Å²) >= 11 is 0. The molecule has 0 bridgehead atoms. The predicted molar refractivity (Wildman–Crippen MR) is 102 cm³/mol. The van der Waals surface area contributed by atoms with Gasteiger partial charge in [-0.25, -0.2) is 8.42 Å². The van der Waals surface area contributed by atoms with Crippen LogP contribution in [0.2, 0.25) is 0 Å². The van der Waals surface area contributed by atoms with E-state index >= 15 is 0 Å². The average molecular weight is 369 g/mol. The third-order valence-electron chi connectivity index (χ3n) is 4.02. The van der Waals surface area contributed by atoms with Crippen LogP contribution in [-0.2, 0) is 21.2 Å². The van der Waals surface area contributed by atoms with E-state index in [9.17, 15) is 13.2 Å². The predicted octanol–water partition coefficient (Wildman–Crippen LogP) is 4.13. The zero-order chi connectivity index (χ0) is 18.7. The Morgan fingerprint density at radius 2 is 1.81 bits per heavy atom. The highest BCUT2D eigenvalue weighted by atomic mass is 32.2. The smallest absolute Gasteiger partial charge is 0.308 e. The molecule has 26 heavy (non-hydrogen) atoms. The van der Waals surface area contributed by atoms with Gasteiger partial charge in [0.25, 0.3) is 10.0 Å². The number of hydrogen-bond acceptors (Lipinski definition) is 4. The summed E-state index contributed by atoms with van der Waals surface area (Å²) in [4.78, 5) is 11.4. The average Bonchev–Trinajstić information content (AvgIpc) is 2.61. The summed E-state index contributed by atoms with van der Waals surface area (Å²) in [6.07, 6.45) is 0.724. The molecule has 0 amide bonds. The van der Waals surface area contributed by atoms with E-state index in [0.29, 0.717) is 22.2 Å². The molecule has 1 N–H and O–H groups in total. The molecule has 0 fully saturated rings. The molecule has 3 aromatic carbocycles. The van der Waals surface area contributed by atoms with Crippen molar-refractivity contribution >= 4 is 32.5 Å². The van der Waals surface area contributed by atoms with Crippen LogP contribution in [0.25, 0.3) is 10.8 Å². The van der Waals surface area contributed by atoms with Crippen LogP contribution in [0.4, 0.5) is 5.69 Å². The van der Waals surface area contributed by atoms with Gasteiger partial charge in [0.15, 0.2) is 0 Å². The van der Waals surface area contributed by atoms with E-state index in [1.54, 1.807) is 42.5 Å². The second kappa shape index (κ2) is 7.17. The maximum Gasteiger partial charge on any atom is 0.308 e. The summed E-state index contributed by atoms with van der Waals surface area (Å²) in [6, 6.07) is 17.2. The van der Waals surface area contributed by atoms with Crippen molar-refractivity contribution in [1.29, 1.82) is 0 Å². The number of nitrogens with one attached hydrogen (secondary N) is 1. The number of aryl methyl sites for hydroxylation is 1. The van der Waals surface area contributed by atoms with Gasteiger partial charge in [0.05, 0.1) is 10.6 Å². The van der Waals surface area contributed by atoms with Crippen molar-refractivity contribution in [1.82, 2.24) is 0 Å². The molecule has 0 aromatic heterocycles. The highest BCUT2D eigenvalue weighted by Crippen LogP contribution is 2.29.